The number of hydrogen-bond donors (Lipinski definition) is 2. The first kappa shape index (κ1) is 18.8. The van der Waals surface area contributed by atoms with Crippen LogP contribution in [0.2, 0.25) is 0 Å². The van der Waals surface area contributed by atoms with E-state index in [1.807, 2.05) is 18.7 Å². The van der Waals surface area contributed by atoms with Gasteiger partial charge in [0, 0.05) is 31.6 Å². The number of nitrogen functional groups attached to an aromatic ring is 1. The molecule has 3 N–H and O–H groups in total. The van der Waals surface area contributed by atoms with Crippen LogP contribution in [0.25, 0.3) is 0 Å². The van der Waals surface area contributed by atoms with Crippen molar-refractivity contribution in [2.24, 2.45) is 0 Å². The summed E-state index contributed by atoms with van der Waals surface area (Å²) in [7, 11) is 1.54. The normalized spacial score (nSPS) is 10.2. The van der Waals surface area contributed by atoms with Crippen molar-refractivity contribution in [1.29, 1.82) is 0 Å². The van der Waals surface area contributed by atoms with Crippen molar-refractivity contribution in [3.05, 3.63) is 18.2 Å². The molecule has 0 aromatic heterocycles. The number of nitrogens with zero attached hydrogens (tertiary/aromatic N) is 1. The van der Waals surface area contributed by atoms with Gasteiger partial charge in [0.25, 0.3) is 0 Å². The molecule has 1 rings (SSSR count). The van der Waals surface area contributed by atoms with Gasteiger partial charge in [0.15, 0.2) is 0 Å². The molecule has 0 bridgehead atoms. The molecule has 1 aromatic carbocycles. The minimum absolute atomic E-state index is 0.0260. The van der Waals surface area contributed by atoms with Gasteiger partial charge in [0.1, 0.15) is 5.75 Å². The second-order valence-corrected chi connectivity index (χ2v) is 5.39. The monoisotopic (exact) mass is 321 g/mol. The Balaban J connectivity index is 2.50. The maximum Gasteiger partial charge on any atom is 0.224 e. The quantitative estimate of drug-likeness (QED) is 0.685. The average Bonchev–Trinajstić information content (AvgIpc) is 2.52. The van der Waals surface area contributed by atoms with Gasteiger partial charge >= 0.3 is 0 Å². The molecule has 6 heteroatoms. The van der Waals surface area contributed by atoms with Gasteiger partial charge in [-0.3, -0.25) is 9.59 Å². The Hall–Kier alpha value is -2.24. The zero-order valence-electron chi connectivity index (χ0n) is 14.2. The van der Waals surface area contributed by atoms with Gasteiger partial charge in [-0.1, -0.05) is 13.8 Å². The number of ether oxygens (including phenoxy) is 1. The first-order valence-electron chi connectivity index (χ1n) is 8.02. The Morgan fingerprint density at radius 3 is 2.35 bits per heavy atom. The van der Waals surface area contributed by atoms with Gasteiger partial charge in [-0.25, -0.2) is 0 Å². The van der Waals surface area contributed by atoms with Crippen molar-refractivity contribution in [3.8, 4) is 5.75 Å². The first-order chi connectivity index (χ1) is 11.0. The van der Waals surface area contributed by atoms with E-state index in [9.17, 15) is 9.59 Å². The van der Waals surface area contributed by atoms with E-state index in [1.54, 1.807) is 18.2 Å². The molecule has 0 aliphatic heterocycles. The summed E-state index contributed by atoms with van der Waals surface area (Å²) in [5, 5.41) is 2.75. The van der Waals surface area contributed by atoms with Crippen molar-refractivity contribution in [2.75, 3.05) is 31.2 Å². The summed E-state index contributed by atoms with van der Waals surface area (Å²) in [6.45, 7) is 5.56. The number of anilines is 2. The fraction of sp³-hybridized carbons (Fsp3) is 0.529. The van der Waals surface area contributed by atoms with Crippen LogP contribution in [-0.4, -0.2) is 36.9 Å². The number of benzene rings is 1. The topological polar surface area (TPSA) is 84.7 Å². The van der Waals surface area contributed by atoms with Crippen LogP contribution in [0.3, 0.4) is 0 Å². The summed E-state index contributed by atoms with van der Waals surface area (Å²) in [5.74, 6) is 0.391. The molecule has 0 unspecified atom stereocenters. The van der Waals surface area contributed by atoms with Gasteiger partial charge in [-0.05, 0) is 31.0 Å². The van der Waals surface area contributed by atoms with Gasteiger partial charge in [0.05, 0.1) is 12.8 Å². The maximum absolute atomic E-state index is 12.1. The van der Waals surface area contributed by atoms with Crippen molar-refractivity contribution in [1.82, 2.24) is 4.90 Å². The molecule has 6 nitrogen and oxygen atoms in total. The van der Waals surface area contributed by atoms with E-state index in [-0.39, 0.29) is 24.7 Å². The second-order valence-electron chi connectivity index (χ2n) is 5.39. The van der Waals surface area contributed by atoms with Gasteiger partial charge in [-0.15, -0.1) is 0 Å². The molecule has 0 fully saturated rings. The predicted molar refractivity (Wildman–Crippen MR) is 92.4 cm³/mol. The Labute approximate surface area is 138 Å². The fourth-order valence-corrected chi connectivity index (χ4v) is 2.32. The summed E-state index contributed by atoms with van der Waals surface area (Å²) in [4.78, 5) is 25.9. The van der Waals surface area contributed by atoms with Crippen LogP contribution in [0.15, 0.2) is 18.2 Å². The number of rotatable bonds is 9. The van der Waals surface area contributed by atoms with Crippen LogP contribution < -0.4 is 15.8 Å². The number of nitrogens with one attached hydrogen (secondary N) is 1. The van der Waals surface area contributed by atoms with E-state index >= 15 is 0 Å². The summed E-state index contributed by atoms with van der Waals surface area (Å²) in [5.41, 5.74) is 6.85. The number of carbonyl (C=O) groups excluding carboxylic acids is 2. The van der Waals surface area contributed by atoms with Crippen LogP contribution in [0.4, 0.5) is 11.4 Å². The third kappa shape index (κ3) is 6.18. The molecule has 1 aromatic rings. The lowest BCUT2D eigenvalue weighted by molar-refractivity contribution is -0.132. The molecule has 2 amide bonds. The average molecular weight is 321 g/mol. The third-order valence-corrected chi connectivity index (χ3v) is 3.42. The molecule has 23 heavy (non-hydrogen) atoms. The molecule has 0 atom stereocenters. The van der Waals surface area contributed by atoms with E-state index < -0.39 is 0 Å². The molecule has 0 saturated carbocycles. The predicted octanol–water partition coefficient (Wildman–Crippen LogP) is 2.64. The molecule has 0 spiro atoms. The zero-order chi connectivity index (χ0) is 17.2. The zero-order valence-corrected chi connectivity index (χ0v) is 14.2. The van der Waals surface area contributed by atoms with E-state index in [4.69, 9.17) is 10.5 Å². The highest BCUT2D eigenvalue weighted by atomic mass is 16.5. The van der Waals surface area contributed by atoms with Crippen molar-refractivity contribution in [2.45, 2.75) is 39.5 Å². The summed E-state index contributed by atoms with van der Waals surface area (Å²) in [6.07, 6.45) is 2.22. The van der Waals surface area contributed by atoms with Crippen molar-refractivity contribution < 1.29 is 14.3 Å². The first-order valence-corrected chi connectivity index (χ1v) is 8.02. The lowest BCUT2D eigenvalue weighted by Crippen LogP contribution is -2.33. The molecule has 0 saturated heterocycles. The molecule has 128 valence electrons. The third-order valence-electron chi connectivity index (χ3n) is 3.42. The van der Waals surface area contributed by atoms with Gasteiger partial charge in [0.2, 0.25) is 11.8 Å². The van der Waals surface area contributed by atoms with Crippen LogP contribution in [-0.2, 0) is 9.59 Å². The van der Waals surface area contributed by atoms with E-state index in [0.717, 1.165) is 25.9 Å². The molecule has 0 aliphatic rings. The number of hydrogen-bond acceptors (Lipinski definition) is 4. The SMILES string of the molecule is CCCN(CCC)C(=O)CCC(=O)Nc1ccc(OC)c(N)c1. The smallest absolute Gasteiger partial charge is 0.224 e. The maximum atomic E-state index is 12.1. The Morgan fingerprint density at radius 1 is 1.17 bits per heavy atom. The Bertz CT molecular complexity index is 526. The lowest BCUT2D eigenvalue weighted by atomic mass is 10.2. The minimum Gasteiger partial charge on any atom is -0.495 e. The number of methoxy groups -OCH3 is 1. The van der Waals surface area contributed by atoms with E-state index in [1.165, 1.54) is 7.11 Å². The second kappa shape index (κ2) is 9.71. The van der Waals surface area contributed by atoms with Crippen LogP contribution in [0, 0.1) is 0 Å². The van der Waals surface area contributed by atoms with Crippen LogP contribution >= 0.6 is 0 Å². The molecular weight excluding hydrogens is 294 g/mol. The number of nitrogens with two attached hydrogens (primary N) is 1. The summed E-state index contributed by atoms with van der Waals surface area (Å²) < 4.78 is 5.07. The standard InChI is InChI=1S/C17H27N3O3/c1-4-10-20(11-5-2)17(22)9-8-16(21)19-13-6-7-15(23-3)14(18)12-13/h6-7,12H,4-5,8-11,18H2,1-3H3,(H,19,21). The molecule has 0 aliphatic carbocycles. The van der Waals surface area contributed by atoms with Gasteiger partial charge in [-0.2, -0.15) is 0 Å². The highest BCUT2D eigenvalue weighted by molar-refractivity contribution is 5.93. The van der Waals surface area contributed by atoms with E-state index in [0.29, 0.717) is 17.1 Å². The van der Waals surface area contributed by atoms with E-state index in [2.05, 4.69) is 5.32 Å². The molecule has 0 radical (unpaired) electrons. The lowest BCUT2D eigenvalue weighted by Gasteiger charge is -2.21. The van der Waals surface area contributed by atoms with Gasteiger partial charge < -0.3 is 20.7 Å². The summed E-state index contributed by atoms with van der Waals surface area (Å²) in [6, 6.07) is 5.05. The highest BCUT2D eigenvalue weighted by Crippen LogP contribution is 2.24. The Morgan fingerprint density at radius 2 is 1.83 bits per heavy atom. The minimum atomic E-state index is -0.198. The van der Waals surface area contributed by atoms with Crippen molar-refractivity contribution in [3.63, 3.8) is 0 Å². The highest BCUT2D eigenvalue weighted by Gasteiger charge is 2.14. The van der Waals surface area contributed by atoms with Crippen LogP contribution in [0.1, 0.15) is 39.5 Å². The Kier molecular flexibility index (Phi) is 7.94. The van der Waals surface area contributed by atoms with Crippen molar-refractivity contribution >= 4 is 23.2 Å². The van der Waals surface area contributed by atoms with Crippen LogP contribution in [0.5, 0.6) is 5.75 Å². The summed E-state index contributed by atoms with van der Waals surface area (Å²) >= 11 is 0. The number of amides is 2. The number of carbonyl (C=O) groups is 2. The largest absolute Gasteiger partial charge is 0.495 e. The molecule has 0 heterocycles. The fourth-order valence-electron chi connectivity index (χ4n) is 2.32. The molecular formula is C17H27N3O3.